The molecule has 1 atom stereocenters. The van der Waals surface area contributed by atoms with Crippen LogP contribution in [0.2, 0.25) is 0 Å². The molecule has 1 aromatic carbocycles. The molecule has 0 saturated carbocycles. The molecule has 96 valence electrons. The van der Waals surface area contributed by atoms with Crippen molar-refractivity contribution in [2.24, 2.45) is 0 Å². The van der Waals surface area contributed by atoms with E-state index >= 15 is 0 Å². The van der Waals surface area contributed by atoms with Crippen LogP contribution in [-0.2, 0) is 6.42 Å². The number of hydrogen-bond donors (Lipinski definition) is 2. The number of benzene rings is 1. The summed E-state index contributed by atoms with van der Waals surface area (Å²) in [5.74, 6) is 0. The molecule has 1 unspecified atom stereocenters. The zero-order chi connectivity index (χ0) is 13.1. The van der Waals surface area contributed by atoms with E-state index in [1.807, 2.05) is 6.92 Å². The van der Waals surface area contributed by atoms with Gasteiger partial charge in [-0.15, -0.1) is 0 Å². The highest BCUT2D eigenvalue weighted by Crippen LogP contribution is 2.21. The minimum atomic E-state index is -0.680. The molecule has 2 N–H and O–H groups in total. The Bertz CT molecular complexity index is 360. The van der Waals surface area contributed by atoms with Crippen molar-refractivity contribution in [1.82, 2.24) is 5.32 Å². The summed E-state index contributed by atoms with van der Waals surface area (Å²) in [6, 6.07) is 4.37. The molecule has 0 radical (unpaired) electrons. The van der Waals surface area contributed by atoms with Gasteiger partial charge in [-0.3, -0.25) is 0 Å². The fourth-order valence-electron chi connectivity index (χ4n) is 2.33. The quantitative estimate of drug-likeness (QED) is 0.822. The SMILES string of the molecule is CCNCC(C)(O)Cc1c(C)cc(C)cc1C. The van der Waals surface area contributed by atoms with Gasteiger partial charge < -0.3 is 10.4 Å². The molecule has 0 bridgehead atoms. The second kappa shape index (κ2) is 5.65. The summed E-state index contributed by atoms with van der Waals surface area (Å²) in [4.78, 5) is 0. The first-order valence-corrected chi connectivity index (χ1v) is 6.35. The normalized spacial score (nSPS) is 14.7. The third-order valence-corrected chi connectivity index (χ3v) is 3.15. The Labute approximate surface area is 105 Å². The van der Waals surface area contributed by atoms with E-state index in [9.17, 15) is 5.11 Å². The molecular weight excluding hydrogens is 210 g/mol. The molecule has 0 aliphatic carbocycles. The van der Waals surface area contributed by atoms with E-state index < -0.39 is 5.60 Å². The van der Waals surface area contributed by atoms with Gasteiger partial charge in [-0.05, 0) is 50.9 Å². The third kappa shape index (κ3) is 4.14. The van der Waals surface area contributed by atoms with Crippen LogP contribution in [-0.4, -0.2) is 23.8 Å². The molecular formula is C15H25NO. The summed E-state index contributed by atoms with van der Waals surface area (Å²) in [6.07, 6.45) is 0.706. The van der Waals surface area contributed by atoms with Gasteiger partial charge in [-0.2, -0.15) is 0 Å². The van der Waals surface area contributed by atoms with Gasteiger partial charge in [0.25, 0.3) is 0 Å². The fourth-order valence-corrected chi connectivity index (χ4v) is 2.33. The zero-order valence-electron chi connectivity index (χ0n) is 11.7. The molecule has 0 saturated heterocycles. The van der Waals surface area contributed by atoms with Gasteiger partial charge in [0.15, 0.2) is 0 Å². The number of aryl methyl sites for hydroxylation is 3. The highest BCUT2D eigenvalue weighted by atomic mass is 16.3. The molecule has 0 amide bonds. The molecule has 1 aromatic rings. The molecule has 2 nitrogen and oxygen atoms in total. The molecule has 2 heteroatoms. The van der Waals surface area contributed by atoms with E-state index in [-0.39, 0.29) is 0 Å². The largest absolute Gasteiger partial charge is 0.389 e. The average molecular weight is 235 g/mol. The topological polar surface area (TPSA) is 32.3 Å². The molecule has 0 aliphatic rings. The minimum Gasteiger partial charge on any atom is -0.389 e. The fraction of sp³-hybridized carbons (Fsp3) is 0.600. The van der Waals surface area contributed by atoms with Crippen molar-refractivity contribution in [2.75, 3.05) is 13.1 Å². The number of hydrogen-bond acceptors (Lipinski definition) is 2. The van der Waals surface area contributed by atoms with E-state index in [0.717, 1.165) is 6.54 Å². The summed E-state index contributed by atoms with van der Waals surface area (Å²) in [5.41, 5.74) is 4.44. The van der Waals surface area contributed by atoms with Crippen molar-refractivity contribution in [1.29, 1.82) is 0 Å². The molecule has 0 heterocycles. The van der Waals surface area contributed by atoms with E-state index in [4.69, 9.17) is 0 Å². The van der Waals surface area contributed by atoms with Gasteiger partial charge in [0.2, 0.25) is 0 Å². The second-order valence-corrected chi connectivity index (χ2v) is 5.33. The van der Waals surface area contributed by atoms with Crippen LogP contribution in [0, 0.1) is 20.8 Å². The Hall–Kier alpha value is -0.860. The standard InChI is InChI=1S/C15H25NO/c1-6-16-10-15(5,17)9-14-12(3)7-11(2)8-13(14)4/h7-8,16-17H,6,9-10H2,1-5H3. The molecule has 0 aromatic heterocycles. The van der Waals surface area contributed by atoms with Crippen LogP contribution in [0.15, 0.2) is 12.1 Å². The summed E-state index contributed by atoms with van der Waals surface area (Å²) < 4.78 is 0. The lowest BCUT2D eigenvalue weighted by molar-refractivity contribution is 0.0604. The molecule has 0 fully saturated rings. The third-order valence-electron chi connectivity index (χ3n) is 3.15. The number of nitrogens with one attached hydrogen (secondary N) is 1. The van der Waals surface area contributed by atoms with Crippen molar-refractivity contribution in [3.63, 3.8) is 0 Å². The average Bonchev–Trinajstić information content (AvgIpc) is 2.21. The van der Waals surface area contributed by atoms with Crippen LogP contribution >= 0.6 is 0 Å². The lowest BCUT2D eigenvalue weighted by atomic mass is 9.89. The van der Waals surface area contributed by atoms with Crippen LogP contribution in [0.25, 0.3) is 0 Å². The van der Waals surface area contributed by atoms with Crippen LogP contribution in [0.5, 0.6) is 0 Å². The van der Waals surface area contributed by atoms with E-state index in [2.05, 4.69) is 45.1 Å². The number of likely N-dealkylation sites (N-methyl/N-ethyl adjacent to an activating group) is 1. The van der Waals surface area contributed by atoms with Crippen LogP contribution in [0.4, 0.5) is 0 Å². The minimum absolute atomic E-state index is 0.635. The maximum atomic E-state index is 10.4. The van der Waals surface area contributed by atoms with Gasteiger partial charge in [0.1, 0.15) is 0 Å². The Balaban J connectivity index is 2.87. The maximum absolute atomic E-state index is 10.4. The summed E-state index contributed by atoms with van der Waals surface area (Å²) in [6.45, 7) is 11.8. The van der Waals surface area contributed by atoms with Crippen LogP contribution < -0.4 is 5.32 Å². The molecule has 1 rings (SSSR count). The lowest BCUT2D eigenvalue weighted by Crippen LogP contribution is -2.40. The molecule has 17 heavy (non-hydrogen) atoms. The van der Waals surface area contributed by atoms with E-state index in [1.54, 1.807) is 0 Å². The smallest absolute Gasteiger partial charge is 0.0783 e. The summed E-state index contributed by atoms with van der Waals surface area (Å²) >= 11 is 0. The maximum Gasteiger partial charge on any atom is 0.0783 e. The zero-order valence-corrected chi connectivity index (χ0v) is 11.7. The Morgan fingerprint density at radius 2 is 1.71 bits per heavy atom. The van der Waals surface area contributed by atoms with Crippen molar-refractivity contribution in [3.05, 3.63) is 34.4 Å². The Morgan fingerprint density at radius 3 is 2.18 bits per heavy atom. The van der Waals surface area contributed by atoms with Crippen molar-refractivity contribution in [2.45, 2.75) is 46.6 Å². The first-order chi connectivity index (χ1) is 7.85. The van der Waals surface area contributed by atoms with Crippen LogP contribution in [0.1, 0.15) is 36.1 Å². The van der Waals surface area contributed by atoms with Gasteiger partial charge >= 0.3 is 0 Å². The van der Waals surface area contributed by atoms with E-state index in [1.165, 1.54) is 22.3 Å². The van der Waals surface area contributed by atoms with Crippen molar-refractivity contribution < 1.29 is 5.11 Å². The Morgan fingerprint density at radius 1 is 1.18 bits per heavy atom. The summed E-state index contributed by atoms with van der Waals surface area (Å²) in [5, 5.41) is 13.6. The predicted octanol–water partition coefficient (Wildman–Crippen LogP) is 2.51. The van der Waals surface area contributed by atoms with Crippen LogP contribution in [0.3, 0.4) is 0 Å². The highest BCUT2D eigenvalue weighted by Gasteiger charge is 2.22. The Kier molecular flexibility index (Phi) is 4.72. The second-order valence-electron chi connectivity index (χ2n) is 5.33. The first-order valence-electron chi connectivity index (χ1n) is 6.35. The molecule has 0 aliphatic heterocycles. The predicted molar refractivity (Wildman–Crippen MR) is 73.5 cm³/mol. The van der Waals surface area contributed by atoms with Crippen molar-refractivity contribution >= 4 is 0 Å². The van der Waals surface area contributed by atoms with Gasteiger partial charge in [0, 0.05) is 13.0 Å². The lowest BCUT2D eigenvalue weighted by Gasteiger charge is -2.25. The monoisotopic (exact) mass is 235 g/mol. The number of aliphatic hydroxyl groups is 1. The van der Waals surface area contributed by atoms with Crippen molar-refractivity contribution in [3.8, 4) is 0 Å². The van der Waals surface area contributed by atoms with E-state index in [0.29, 0.717) is 13.0 Å². The van der Waals surface area contributed by atoms with Gasteiger partial charge in [-0.1, -0.05) is 24.6 Å². The molecule has 0 spiro atoms. The van der Waals surface area contributed by atoms with Gasteiger partial charge in [0.05, 0.1) is 5.60 Å². The van der Waals surface area contributed by atoms with Gasteiger partial charge in [-0.25, -0.2) is 0 Å². The first kappa shape index (κ1) is 14.2. The number of rotatable bonds is 5. The summed E-state index contributed by atoms with van der Waals surface area (Å²) in [7, 11) is 0. The highest BCUT2D eigenvalue weighted by molar-refractivity contribution is 5.38.